The van der Waals surface area contributed by atoms with E-state index in [0.29, 0.717) is 6.54 Å². The van der Waals surface area contributed by atoms with E-state index >= 15 is 0 Å². The minimum atomic E-state index is -0.00675. The fourth-order valence-corrected chi connectivity index (χ4v) is 5.86. The molecule has 168 valence electrons. The quantitative estimate of drug-likeness (QED) is 0.424. The Labute approximate surface area is 196 Å². The summed E-state index contributed by atoms with van der Waals surface area (Å²) in [6.07, 6.45) is 0. The van der Waals surface area contributed by atoms with Gasteiger partial charge >= 0.3 is 0 Å². The molecule has 8 heteroatoms. The molecule has 0 aliphatic carbocycles. The van der Waals surface area contributed by atoms with Crippen LogP contribution < -0.4 is 20.9 Å². The first-order valence-electron chi connectivity index (χ1n) is 11.4. The molecule has 0 bridgehead atoms. The number of nitrogens with one attached hydrogen (secondary N) is 3. The number of carbonyl (C=O) groups is 1. The summed E-state index contributed by atoms with van der Waals surface area (Å²) in [6.45, 7) is 8.71. The molecule has 2 aliphatic heterocycles. The number of benzene rings is 1. The Bertz CT molecular complexity index is 1390. The predicted octanol–water partition coefficient (Wildman–Crippen LogP) is 3.77. The van der Waals surface area contributed by atoms with Crippen LogP contribution in [0, 0.1) is 6.92 Å². The van der Waals surface area contributed by atoms with E-state index in [0.717, 1.165) is 80.5 Å². The minimum Gasteiger partial charge on any atom is -0.381 e. The van der Waals surface area contributed by atoms with Crippen LogP contribution in [-0.2, 0) is 0 Å². The van der Waals surface area contributed by atoms with Crippen molar-refractivity contribution in [1.29, 1.82) is 0 Å². The van der Waals surface area contributed by atoms with Crippen molar-refractivity contribution < 1.29 is 4.79 Å². The maximum Gasteiger partial charge on any atom is 0.263 e. The van der Waals surface area contributed by atoms with Gasteiger partial charge in [-0.3, -0.25) is 4.79 Å². The van der Waals surface area contributed by atoms with Crippen molar-refractivity contribution in [3.63, 3.8) is 0 Å². The number of anilines is 2. The Morgan fingerprint density at radius 3 is 2.73 bits per heavy atom. The second-order valence-corrected chi connectivity index (χ2v) is 9.86. The maximum atomic E-state index is 12.7. The van der Waals surface area contributed by atoms with Crippen molar-refractivity contribution in [3.05, 3.63) is 47.0 Å². The number of aryl methyl sites for hydroxylation is 1. The number of rotatable bonds is 2. The van der Waals surface area contributed by atoms with Crippen LogP contribution in [0.3, 0.4) is 0 Å². The van der Waals surface area contributed by atoms with E-state index in [9.17, 15) is 4.79 Å². The number of amides is 1. The van der Waals surface area contributed by atoms with Crippen molar-refractivity contribution in [2.75, 3.05) is 42.9 Å². The summed E-state index contributed by atoms with van der Waals surface area (Å²) >= 11 is 1.53. The molecule has 0 radical (unpaired) electrons. The van der Waals surface area contributed by atoms with E-state index in [-0.39, 0.29) is 11.9 Å². The number of hydrogen-bond acceptors (Lipinski definition) is 7. The molecule has 1 fully saturated rings. The third-order valence-electron chi connectivity index (χ3n) is 6.48. The van der Waals surface area contributed by atoms with E-state index in [4.69, 9.17) is 9.97 Å². The van der Waals surface area contributed by atoms with E-state index in [1.165, 1.54) is 11.3 Å². The van der Waals surface area contributed by atoms with Gasteiger partial charge in [0.05, 0.1) is 16.9 Å². The number of nitrogens with zero attached hydrogens (tertiary/aromatic N) is 3. The Kier molecular flexibility index (Phi) is 4.92. The Balaban J connectivity index is 1.42. The number of thiophene rings is 1. The summed E-state index contributed by atoms with van der Waals surface area (Å²) < 4.78 is 1.09. The highest BCUT2D eigenvalue weighted by atomic mass is 32.1. The van der Waals surface area contributed by atoms with Gasteiger partial charge < -0.3 is 20.9 Å². The Morgan fingerprint density at radius 1 is 1.06 bits per heavy atom. The van der Waals surface area contributed by atoms with Crippen molar-refractivity contribution in [2.24, 2.45) is 0 Å². The lowest BCUT2D eigenvalue weighted by molar-refractivity contribution is 0.0949. The van der Waals surface area contributed by atoms with Gasteiger partial charge in [-0.05, 0) is 50.2 Å². The van der Waals surface area contributed by atoms with Gasteiger partial charge in [0.15, 0.2) is 0 Å². The fourth-order valence-electron chi connectivity index (χ4n) is 4.76. The first-order chi connectivity index (χ1) is 16.1. The number of carbonyl (C=O) groups excluding carboxylic acids is 1. The number of hydrogen-bond donors (Lipinski definition) is 3. The molecule has 3 N–H and O–H groups in total. The van der Waals surface area contributed by atoms with Crippen LogP contribution in [0.2, 0.25) is 0 Å². The van der Waals surface area contributed by atoms with Crippen molar-refractivity contribution in [1.82, 2.24) is 20.6 Å². The van der Waals surface area contributed by atoms with Crippen LogP contribution in [0.25, 0.3) is 32.2 Å². The van der Waals surface area contributed by atoms with Gasteiger partial charge in [-0.1, -0.05) is 0 Å². The molecule has 1 unspecified atom stereocenters. The molecule has 1 amide bonds. The van der Waals surface area contributed by atoms with Gasteiger partial charge in [-0.2, -0.15) is 0 Å². The third-order valence-corrected chi connectivity index (χ3v) is 7.63. The molecule has 4 aromatic rings. The molecule has 7 nitrogen and oxygen atoms in total. The van der Waals surface area contributed by atoms with E-state index in [1.807, 2.05) is 6.92 Å². The second-order valence-electron chi connectivity index (χ2n) is 8.80. The van der Waals surface area contributed by atoms with Crippen LogP contribution in [0.5, 0.6) is 0 Å². The predicted molar refractivity (Wildman–Crippen MR) is 136 cm³/mol. The molecule has 1 aromatic carbocycles. The zero-order valence-corrected chi connectivity index (χ0v) is 19.6. The fraction of sp³-hybridized carbons (Fsp3) is 0.320. The van der Waals surface area contributed by atoms with Crippen LogP contribution in [-0.4, -0.2) is 54.6 Å². The van der Waals surface area contributed by atoms with E-state index < -0.39 is 0 Å². The van der Waals surface area contributed by atoms with Crippen molar-refractivity contribution in [2.45, 2.75) is 19.9 Å². The zero-order valence-electron chi connectivity index (χ0n) is 18.7. The van der Waals surface area contributed by atoms with E-state index in [1.54, 1.807) is 0 Å². The number of piperazine rings is 1. The smallest absolute Gasteiger partial charge is 0.263 e. The number of aromatic nitrogens is 2. The highest BCUT2D eigenvalue weighted by Gasteiger charge is 2.25. The number of pyridine rings is 2. The average Bonchev–Trinajstić information content (AvgIpc) is 3.15. The molecule has 1 saturated heterocycles. The Hall–Kier alpha value is -3.23. The normalized spacial score (nSPS) is 18.7. The molecule has 0 saturated carbocycles. The van der Waals surface area contributed by atoms with Gasteiger partial charge in [0.1, 0.15) is 10.7 Å². The average molecular weight is 459 g/mol. The lowest BCUT2D eigenvalue weighted by Crippen LogP contribution is -2.43. The van der Waals surface area contributed by atoms with Gasteiger partial charge in [0, 0.05) is 65.5 Å². The first-order valence-corrected chi connectivity index (χ1v) is 12.2. The summed E-state index contributed by atoms with van der Waals surface area (Å²) in [4.78, 5) is 25.6. The first kappa shape index (κ1) is 20.4. The maximum absolute atomic E-state index is 12.7. The molecule has 3 aromatic heterocycles. The zero-order chi connectivity index (χ0) is 22.5. The summed E-state index contributed by atoms with van der Waals surface area (Å²) in [5.41, 5.74) is 4.79. The van der Waals surface area contributed by atoms with Crippen LogP contribution in [0.1, 0.15) is 22.3 Å². The monoisotopic (exact) mass is 458 g/mol. The molecule has 0 spiro atoms. The van der Waals surface area contributed by atoms with Crippen molar-refractivity contribution >= 4 is 49.7 Å². The summed E-state index contributed by atoms with van der Waals surface area (Å²) in [5.74, 6) is 1.02. The minimum absolute atomic E-state index is 0.00675. The second kappa shape index (κ2) is 7.97. The van der Waals surface area contributed by atoms with Gasteiger partial charge in [0.2, 0.25) is 0 Å². The standard InChI is InChI=1S/C25H26N6OS/c1-14-13-27-23-22-17-3-5-18(30-19(17)6-7-20(22)33-24(23)25(32)28-14)16-4-8-21(29-15(16)2)31-11-9-26-10-12-31/h3-8,14,26-27H,9-13H2,1-2H3,(H,28,32). The van der Waals surface area contributed by atoms with Crippen LogP contribution in [0.4, 0.5) is 11.5 Å². The highest BCUT2D eigenvalue weighted by Crippen LogP contribution is 2.41. The molecule has 6 rings (SSSR count). The topological polar surface area (TPSA) is 82.2 Å². The molecule has 5 heterocycles. The van der Waals surface area contributed by atoms with Crippen molar-refractivity contribution in [3.8, 4) is 11.3 Å². The molecular formula is C25H26N6OS. The van der Waals surface area contributed by atoms with Gasteiger partial charge in [0.25, 0.3) is 5.91 Å². The molecule has 33 heavy (non-hydrogen) atoms. The molecule has 1 atom stereocenters. The highest BCUT2D eigenvalue weighted by molar-refractivity contribution is 7.21. The summed E-state index contributed by atoms with van der Waals surface area (Å²) in [5, 5.41) is 12.1. The summed E-state index contributed by atoms with van der Waals surface area (Å²) in [7, 11) is 0. The summed E-state index contributed by atoms with van der Waals surface area (Å²) in [6, 6.07) is 12.7. The lowest BCUT2D eigenvalue weighted by Gasteiger charge is -2.28. The number of fused-ring (bicyclic) bond motifs is 5. The largest absolute Gasteiger partial charge is 0.381 e. The van der Waals surface area contributed by atoms with Gasteiger partial charge in [-0.15, -0.1) is 11.3 Å². The van der Waals surface area contributed by atoms with Crippen LogP contribution in [0.15, 0.2) is 36.4 Å². The molecular weight excluding hydrogens is 432 g/mol. The van der Waals surface area contributed by atoms with Gasteiger partial charge in [-0.25, -0.2) is 9.97 Å². The van der Waals surface area contributed by atoms with E-state index in [2.05, 4.69) is 64.2 Å². The lowest BCUT2D eigenvalue weighted by atomic mass is 10.1. The van der Waals surface area contributed by atoms with Crippen LogP contribution >= 0.6 is 11.3 Å². The third kappa shape index (κ3) is 3.50. The SMILES string of the molecule is Cc1nc(N2CCNCC2)ccc1-c1ccc2c(ccc3sc4c(c32)NCC(C)NC4=O)n1. The molecule has 2 aliphatic rings. The Morgan fingerprint density at radius 2 is 1.91 bits per heavy atom.